The standard InChI is InChI=1S/C21H25N7O4/c1-28(2)21(32)13-3-4-15(26-19(30)17(22)29)16(9-13)27-20(31)18-24-10-14(11-25-18)12-5-7-23-8-6-12/h5-8,10-11,13,15-16H,3-4,9H2,1-2H3,(H2,22,29)(H,26,30)(H,27,31)/t13-,15-,16+/m0/s1. The van der Waals surface area contributed by atoms with Gasteiger partial charge in [0.1, 0.15) is 0 Å². The summed E-state index contributed by atoms with van der Waals surface area (Å²) in [4.78, 5) is 61.9. The summed E-state index contributed by atoms with van der Waals surface area (Å²) < 4.78 is 0. The van der Waals surface area contributed by atoms with Crippen LogP contribution in [0.4, 0.5) is 0 Å². The van der Waals surface area contributed by atoms with E-state index in [1.807, 2.05) is 0 Å². The number of hydrogen-bond acceptors (Lipinski definition) is 7. The molecule has 168 valence electrons. The van der Waals surface area contributed by atoms with Gasteiger partial charge in [0.15, 0.2) is 0 Å². The highest BCUT2D eigenvalue weighted by Gasteiger charge is 2.37. The van der Waals surface area contributed by atoms with Crippen LogP contribution in [0.3, 0.4) is 0 Å². The molecule has 2 heterocycles. The normalized spacial score (nSPS) is 20.1. The van der Waals surface area contributed by atoms with E-state index in [2.05, 4.69) is 25.6 Å². The maximum atomic E-state index is 12.8. The van der Waals surface area contributed by atoms with Gasteiger partial charge in [-0.1, -0.05) is 0 Å². The van der Waals surface area contributed by atoms with Gasteiger partial charge in [-0.2, -0.15) is 0 Å². The zero-order valence-corrected chi connectivity index (χ0v) is 17.8. The largest absolute Gasteiger partial charge is 0.361 e. The summed E-state index contributed by atoms with van der Waals surface area (Å²) in [5.41, 5.74) is 6.63. The highest BCUT2D eigenvalue weighted by atomic mass is 16.2. The molecule has 0 spiro atoms. The Kier molecular flexibility index (Phi) is 7.08. The number of amides is 4. The molecule has 0 saturated heterocycles. The van der Waals surface area contributed by atoms with E-state index in [1.165, 1.54) is 17.3 Å². The molecule has 1 saturated carbocycles. The van der Waals surface area contributed by atoms with Crippen molar-refractivity contribution in [3.8, 4) is 11.1 Å². The van der Waals surface area contributed by atoms with Crippen molar-refractivity contribution in [2.75, 3.05) is 14.1 Å². The predicted octanol–water partition coefficient (Wildman–Crippen LogP) is -0.505. The Bertz CT molecular complexity index is 995. The molecule has 1 fully saturated rings. The molecule has 2 aromatic heterocycles. The smallest absolute Gasteiger partial charge is 0.309 e. The molecule has 3 atom stereocenters. The first-order valence-electron chi connectivity index (χ1n) is 10.1. The lowest BCUT2D eigenvalue weighted by molar-refractivity contribution is -0.138. The van der Waals surface area contributed by atoms with Crippen LogP contribution in [-0.4, -0.2) is 69.7 Å². The Labute approximate surface area is 184 Å². The number of carbonyl (C=O) groups excluding carboxylic acids is 4. The molecular formula is C21H25N7O4. The van der Waals surface area contributed by atoms with Gasteiger partial charge in [0.2, 0.25) is 11.7 Å². The topological polar surface area (TPSA) is 160 Å². The van der Waals surface area contributed by atoms with Gasteiger partial charge in [0.25, 0.3) is 5.91 Å². The van der Waals surface area contributed by atoms with Crippen LogP contribution in [-0.2, 0) is 14.4 Å². The van der Waals surface area contributed by atoms with Crippen molar-refractivity contribution in [1.82, 2.24) is 30.5 Å². The highest BCUT2D eigenvalue weighted by molar-refractivity contribution is 6.34. The minimum atomic E-state index is -1.11. The monoisotopic (exact) mass is 439 g/mol. The van der Waals surface area contributed by atoms with Gasteiger partial charge in [-0.25, -0.2) is 9.97 Å². The average molecular weight is 439 g/mol. The van der Waals surface area contributed by atoms with Gasteiger partial charge in [0, 0.05) is 56.4 Å². The van der Waals surface area contributed by atoms with Crippen molar-refractivity contribution in [3.05, 3.63) is 42.7 Å². The number of nitrogens with two attached hydrogens (primary N) is 1. The molecule has 1 aliphatic rings. The molecule has 1 aliphatic carbocycles. The number of nitrogens with zero attached hydrogens (tertiary/aromatic N) is 4. The fourth-order valence-electron chi connectivity index (χ4n) is 3.70. The lowest BCUT2D eigenvalue weighted by Gasteiger charge is -2.36. The van der Waals surface area contributed by atoms with E-state index in [1.54, 1.807) is 38.6 Å². The number of nitrogens with one attached hydrogen (secondary N) is 2. The average Bonchev–Trinajstić information content (AvgIpc) is 2.80. The van der Waals surface area contributed by atoms with E-state index < -0.39 is 29.8 Å². The third kappa shape index (κ3) is 5.42. The van der Waals surface area contributed by atoms with Crippen molar-refractivity contribution < 1.29 is 19.2 Å². The van der Waals surface area contributed by atoms with Crippen LogP contribution in [0.2, 0.25) is 0 Å². The summed E-state index contributed by atoms with van der Waals surface area (Å²) >= 11 is 0. The Morgan fingerprint density at radius 2 is 1.62 bits per heavy atom. The minimum absolute atomic E-state index is 0.0520. The molecule has 4 N–H and O–H groups in total. The molecular weight excluding hydrogens is 414 g/mol. The number of primary amides is 1. The number of rotatable bonds is 5. The summed E-state index contributed by atoms with van der Waals surface area (Å²) in [6.45, 7) is 0. The molecule has 11 heteroatoms. The molecule has 0 unspecified atom stereocenters. The van der Waals surface area contributed by atoms with Gasteiger partial charge < -0.3 is 21.3 Å². The van der Waals surface area contributed by atoms with Crippen LogP contribution in [0.5, 0.6) is 0 Å². The van der Waals surface area contributed by atoms with Crippen molar-refractivity contribution in [2.45, 2.75) is 31.3 Å². The van der Waals surface area contributed by atoms with Gasteiger partial charge >= 0.3 is 11.8 Å². The molecule has 32 heavy (non-hydrogen) atoms. The molecule has 4 amide bonds. The molecule has 0 aromatic carbocycles. The minimum Gasteiger partial charge on any atom is -0.361 e. The molecule has 11 nitrogen and oxygen atoms in total. The maximum Gasteiger partial charge on any atom is 0.309 e. The van der Waals surface area contributed by atoms with E-state index in [-0.39, 0.29) is 17.6 Å². The van der Waals surface area contributed by atoms with Crippen LogP contribution in [0.25, 0.3) is 11.1 Å². The van der Waals surface area contributed by atoms with E-state index in [9.17, 15) is 19.2 Å². The van der Waals surface area contributed by atoms with Gasteiger partial charge in [-0.05, 0) is 37.0 Å². The van der Waals surface area contributed by atoms with Gasteiger partial charge in [-0.3, -0.25) is 24.2 Å². The molecule has 0 radical (unpaired) electrons. The SMILES string of the molecule is CN(C)C(=O)[C@H]1CC[C@H](NC(=O)C(N)=O)[C@H](NC(=O)c2ncc(-c3ccncc3)cn2)C1. The molecule has 0 bridgehead atoms. The summed E-state index contributed by atoms with van der Waals surface area (Å²) in [5, 5.41) is 5.35. The fourth-order valence-corrected chi connectivity index (χ4v) is 3.70. The van der Waals surface area contributed by atoms with Gasteiger partial charge in [-0.15, -0.1) is 0 Å². The molecule has 0 aliphatic heterocycles. The van der Waals surface area contributed by atoms with Crippen LogP contribution >= 0.6 is 0 Å². The number of carbonyl (C=O) groups is 4. The second-order valence-corrected chi connectivity index (χ2v) is 7.80. The number of aromatic nitrogens is 3. The lowest BCUT2D eigenvalue weighted by atomic mass is 9.81. The van der Waals surface area contributed by atoms with E-state index in [0.717, 1.165) is 11.1 Å². The summed E-state index contributed by atoms with van der Waals surface area (Å²) in [7, 11) is 3.32. The second kappa shape index (κ2) is 9.94. The van der Waals surface area contributed by atoms with Crippen LogP contribution in [0.1, 0.15) is 29.9 Å². The Balaban J connectivity index is 1.74. The first-order chi connectivity index (χ1) is 15.3. The first kappa shape index (κ1) is 22.8. The Morgan fingerprint density at radius 1 is 0.969 bits per heavy atom. The number of pyridine rings is 1. The van der Waals surface area contributed by atoms with E-state index in [0.29, 0.717) is 19.3 Å². The summed E-state index contributed by atoms with van der Waals surface area (Å²) in [5.74, 6) is -3.05. The van der Waals surface area contributed by atoms with Crippen molar-refractivity contribution >= 4 is 23.6 Å². The Morgan fingerprint density at radius 3 is 2.22 bits per heavy atom. The van der Waals surface area contributed by atoms with Crippen molar-refractivity contribution in [1.29, 1.82) is 0 Å². The van der Waals surface area contributed by atoms with Crippen LogP contribution < -0.4 is 16.4 Å². The first-order valence-corrected chi connectivity index (χ1v) is 10.1. The van der Waals surface area contributed by atoms with Crippen molar-refractivity contribution in [2.24, 2.45) is 11.7 Å². The summed E-state index contributed by atoms with van der Waals surface area (Å²) in [6.07, 6.45) is 7.55. The predicted molar refractivity (Wildman–Crippen MR) is 114 cm³/mol. The zero-order chi connectivity index (χ0) is 23.3. The third-order valence-corrected chi connectivity index (χ3v) is 5.37. The molecule has 2 aromatic rings. The third-order valence-electron chi connectivity index (χ3n) is 5.37. The Hall–Kier alpha value is -3.89. The highest BCUT2D eigenvalue weighted by Crippen LogP contribution is 2.26. The van der Waals surface area contributed by atoms with Crippen LogP contribution in [0, 0.1) is 5.92 Å². The maximum absolute atomic E-state index is 12.8. The summed E-state index contributed by atoms with van der Waals surface area (Å²) in [6, 6.07) is 2.45. The van der Waals surface area contributed by atoms with Crippen LogP contribution in [0.15, 0.2) is 36.9 Å². The fraction of sp³-hybridized carbons (Fsp3) is 0.381. The molecule has 3 rings (SSSR count). The number of hydrogen-bond donors (Lipinski definition) is 3. The zero-order valence-electron chi connectivity index (χ0n) is 17.8. The quantitative estimate of drug-likeness (QED) is 0.529. The second-order valence-electron chi connectivity index (χ2n) is 7.80. The van der Waals surface area contributed by atoms with E-state index in [4.69, 9.17) is 5.73 Å². The van der Waals surface area contributed by atoms with E-state index >= 15 is 0 Å². The lowest BCUT2D eigenvalue weighted by Crippen LogP contribution is -2.57. The van der Waals surface area contributed by atoms with Gasteiger partial charge in [0.05, 0.1) is 6.04 Å². The van der Waals surface area contributed by atoms with Crippen molar-refractivity contribution in [3.63, 3.8) is 0 Å².